The van der Waals surface area contributed by atoms with Crippen LogP contribution in [0.2, 0.25) is 0 Å². The van der Waals surface area contributed by atoms with Crippen molar-refractivity contribution in [2.45, 2.75) is 50.7 Å². The number of likely N-dealkylation sites (tertiary alicyclic amines) is 2. The van der Waals surface area contributed by atoms with E-state index in [0.29, 0.717) is 6.10 Å². The maximum atomic E-state index is 12.5. The quantitative estimate of drug-likeness (QED) is 0.805. The first-order valence-corrected chi connectivity index (χ1v) is 11.3. The van der Waals surface area contributed by atoms with Crippen LogP contribution in [0.3, 0.4) is 0 Å². The molecule has 26 heavy (non-hydrogen) atoms. The average Bonchev–Trinajstić information content (AvgIpc) is 3.24. The summed E-state index contributed by atoms with van der Waals surface area (Å²) in [6, 6.07) is 8.59. The predicted octanol–water partition coefficient (Wildman–Crippen LogP) is 3.66. The number of thioether (sulfide) groups is 1. The minimum absolute atomic E-state index is 0.166. The van der Waals surface area contributed by atoms with Gasteiger partial charge in [-0.3, -0.25) is 9.69 Å². The van der Waals surface area contributed by atoms with Gasteiger partial charge >= 0.3 is 0 Å². The number of benzene rings is 1. The highest BCUT2D eigenvalue weighted by atomic mass is 32.2. The summed E-state index contributed by atoms with van der Waals surface area (Å²) in [5.74, 6) is 3.69. The molecule has 0 aromatic heterocycles. The zero-order chi connectivity index (χ0) is 17.8. The van der Waals surface area contributed by atoms with Crippen molar-refractivity contribution in [2.24, 2.45) is 0 Å². The Morgan fingerprint density at radius 1 is 0.962 bits per heavy atom. The molecule has 0 saturated carbocycles. The van der Waals surface area contributed by atoms with Crippen LogP contribution in [0.1, 0.15) is 48.9 Å². The first kappa shape index (κ1) is 18.2. The number of hydrogen-bond donors (Lipinski definition) is 0. The summed E-state index contributed by atoms with van der Waals surface area (Å²) in [4.78, 5) is 17.2. The molecule has 3 saturated heterocycles. The Hall–Kier alpha value is -1.20. The van der Waals surface area contributed by atoms with Gasteiger partial charge in [-0.2, -0.15) is 11.8 Å². The van der Waals surface area contributed by atoms with Crippen LogP contribution in [0.25, 0.3) is 0 Å². The van der Waals surface area contributed by atoms with Crippen molar-refractivity contribution in [3.63, 3.8) is 0 Å². The minimum atomic E-state index is 0.166. The van der Waals surface area contributed by atoms with E-state index in [0.717, 1.165) is 69.2 Å². The van der Waals surface area contributed by atoms with Gasteiger partial charge in [0.25, 0.3) is 5.91 Å². The fourth-order valence-electron chi connectivity index (χ4n) is 4.32. The summed E-state index contributed by atoms with van der Waals surface area (Å²) in [6.45, 7) is 4.10. The number of ether oxygens (including phenoxy) is 1. The van der Waals surface area contributed by atoms with Crippen LogP contribution in [0.15, 0.2) is 24.3 Å². The van der Waals surface area contributed by atoms with E-state index in [4.69, 9.17) is 4.74 Å². The van der Waals surface area contributed by atoms with Crippen LogP contribution in [0.5, 0.6) is 5.75 Å². The summed E-state index contributed by atoms with van der Waals surface area (Å²) in [5.41, 5.74) is 0.785. The number of rotatable bonds is 4. The normalized spacial score (nSPS) is 25.4. The summed E-state index contributed by atoms with van der Waals surface area (Å²) < 4.78 is 6.19. The lowest BCUT2D eigenvalue weighted by Gasteiger charge is -2.35. The number of carbonyl (C=O) groups is 1. The molecule has 1 aromatic carbocycles. The summed E-state index contributed by atoms with van der Waals surface area (Å²) in [6.07, 6.45) is 7.38. The highest BCUT2D eigenvalue weighted by Gasteiger charge is 2.28. The maximum Gasteiger partial charge on any atom is 0.253 e. The van der Waals surface area contributed by atoms with E-state index >= 15 is 0 Å². The third-order valence-electron chi connectivity index (χ3n) is 5.95. The average molecular weight is 375 g/mol. The van der Waals surface area contributed by atoms with E-state index in [1.165, 1.54) is 24.3 Å². The fourth-order valence-corrected chi connectivity index (χ4v) is 5.57. The topological polar surface area (TPSA) is 32.8 Å². The van der Waals surface area contributed by atoms with Gasteiger partial charge in [0.1, 0.15) is 11.9 Å². The molecule has 0 N–H and O–H groups in total. The lowest BCUT2D eigenvalue weighted by Crippen LogP contribution is -2.44. The van der Waals surface area contributed by atoms with E-state index in [9.17, 15) is 4.79 Å². The molecule has 1 unspecified atom stereocenters. The Morgan fingerprint density at radius 2 is 1.69 bits per heavy atom. The molecule has 4 nitrogen and oxygen atoms in total. The Balaban J connectivity index is 1.27. The Kier molecular flexibility index (Phi) is 6.05. The van der Waals surface area contributed by atoms with Gasteiger partial charge in [0.05, 0.1) is 0 Å². The van der Waals surface area contributed by atoms with Crippen LogP contribution in [0, 0.1) is 0 Å². The molecule has 4 rings (SSSR count). The molecule has 0 aliphatic carbocycles. The number of carbonyl (C=O) groups excluding carboxylic acids is 1. The van der Waals surface area contributed by atoms with Crippen LogP contribution in [-0.2, 0) is 0 Å². The second-order valence-corrected chi connectivity index (χ2v) is 8.90. The molecule has 1 atom stereocenters. The standard InChI is InChI=1S/C21H30N2O2S/c24-21(23-11-2-1-3-12-23)17-4-6-19(7-5-17)25-20-8-13-22(14-9-20)18-10-15-26-16-18/h4-7,18,20H,1-3,8-16H2. The number of piperidine rings is 2. The smallest absolute Gasteiger partial charge is 0.253 e. The van der Waals surface area contributed by atoms with Gasteiger partial charge in [0.15, 0.2) is 0 Å². The fraction of sp³-hybridized carbons (Fsp3) is 0.667. The van der Waals surface area contributed by atoms with Gasteiger partial charge in [-0.05, 0) is 68.5 Å². The predicted molar refractivity (Wildman–Crippen MR) is 107 cm³/mol. The first-order valence-electron chi connectivity index (χ1n) is 10.2. The third-order valence-corrected chi connectivity index (χ3v) is 7.09. The lowest BCUT2D eigenvalue weighted by atomic mass is 10.0. The van der Waals surface area contributed by atoms with E-state index in [1.54, 1.807) is 0 Å². The minimum Gasteiger partial charge on any atom is -0.490 e. The highest BCUT2D eigenvalue weighted by Crippen LogP contribution is 2.27. The molecule has 3 fully saturated rings. The van der Waals surface area contributed by atoms with E-state index in [1.807, 2.05) is 29.2 Å². The Morgan fingerprint density at radius 3 is 2.35 bits per heavy atom. The van der Waals surface area contributed by atoms with E-state index in [-0.39, 0.29) is 5.91 Å². The third kappa shape index (κ3) is 4.37. The number of hydrogen-bond acceptors (Lipinski definition) is 4. The maximum absolute atomic E-state index is 12.5. The van der Waals surface area contributed by atoms with Gasteiger partial charge in [0.2, 0.25) is 0 Å². The summed E-state index contributed by atoms with van der Waals surface area (Å²) >= 11 is 2.09. The molecule has 0 bridgehead atoms. The zero-order valence-electron chi connectivity index (χ0n) is 15.6. The van der Waals surface area contributed by atoms with Gasteiger partial charge < -0.3 is 9.64 Å². The monoisotopic (exact) mass is 374 g/mol. The second kappa shape index (κ2) is 8.66. The van der Waals surface area contributed by atoms with Crippen LogP contribution in [0.4, 0.5) is 0 Å². The molecule has 1 aromatic rings. The molecule has 142 valence electrons. The molecular formula is C21H30N2O2S. The summed E-state index contributed by atoms with van der Waals surface area (Å²) in [7, 11) is 0. The zero-order valence-corrected chi connectivity index (χ0v) is 16.4. The van der Waals surface area contributed by atoms with Crippen molar-refractivity contribution >= 4 is 17.7 Å². The van der Waals surface area contributed by atoms with Crippen LogP contribution < -0.4 is 4.74 Å². The van der Waals surface area contributed by atoms with Crippen molar-refractivity contribution in [2.75, 3.05) is 37.7 Å². The molecule has 3 aliphatic rings. The molecule has 1 amide bonds. The largest absolute Gasteiger partial charge is 0.490 e. The molecular weight excluding hydrogens is 344 g/mol. The van der Waals surface area contributed by atoms with Crippen molar-refractivity contribution in [1.82, 2.24) is 9.80 Å². The lowest BCUT2D eigenvalue weighted by molar-refractivity contribution is 0.0724. The molecule has 0 radical (unpaired) electrons. The van der Waals surface area contributed by atoms with E-state index < -0.39 is 0 Å². The first-order chi connectivity index (χ1) is 12.8. The molecule has 0 spiro atoms. The van der Waals surface area contributed by atoms with Gasteiger partial charge in [-0.1, -0.05) is 0 Å². The highest BCUT2D eigenvalue weighted by molar-refractivity contribution is 7.99. The van der Waals surface area contributed by atoms with Crippen molar-refractivity contribution in [3.8, 4) is 5.75 Å². The molecule has 3 aliphatic heterocycles. The van der Waals surface area contributed by atoms with Crippen molar-refractivity contribution < 1.29 is 9.53 Å². The van der Waals surface area contributed by atoms with Gasteiger partial charge in [-0.25, -0.2) is 0 Å². The number of amides is 1. The van der Waals surface area contributed by atoms with Crippen LogP contribution >= 0.6 is 11.8 Å². The van der Waals surface area contributed by atoms with E-state index in [2.05, 4.69) is 16.7 Å². The van der Waals surface area contributed by atoms with Crippen molar-refractivity contribution in [1.29, 1.82) is 0 Å². The Labute approximate surface area is 161 Å². The molecule has 5 heteroatoms. The van der Waals surface area contributed by atoms with Crippen LogP contribution in [-0.4, -0.2) is 65.5 Å². The molecule has 3 heterocycles. The van der Waals surface area contributed by atoms with Crippen molar-refractivity contribution in [3.05, 3.63) is 29.8 Å². The Bertz CT molecular complexity index is 587. The van der Waals surface area contributed by atoms with Gasteiger partial charge in [0, 0.05) is 43.5 Å². The number of nitrogens with zero attached hydrogens (tertiary/aromatic N) is 2. The van der Waals surface area contributed by atoms with Gasteiger partial charge in [-0.15, -0.1) is 0 Å². The summed E-state index contributed by atoms with van der Waals surface area (Å²) in [5, 5.41) is 0. The second-order valence-electron chi connectivity index (χ2n) is 7.75. The SMILES string of the molecule is O=C(c1ccc(OC2CCN(C3CCSC3)CC2)cc1)N1CCCCC1.